The monoisotopic (exact) mass is 313 g/mol. The molecule has 2 aliphatic rings. The molecule has 0 aromatic heterocycles. The Balaban J connectivity index is 2.09. The number of alkyl halides is 3. The Morgan fingerprint density at radius 1 is 1.36 bits per heavy atom. The molecule has 1 aliphatic heterocycles. The third-order valence-corrected chi connectivity index (χ3v) is 4.38. The van der Waals surface area contributed by atoms with Crippen molar-refractivity contribution in [2.75, 3.05) is 0 Å². The molecule has 0 unspecified atom stereocenters. The van der Waals surface area contributed by atoms with E-state index >= 15 is 0 Å². The fourth-order valence-electron chi connectivity index (χ4n) is 2.99. The van der Waals surface area contributed by atoms with Crippen LogP contribution in [0, 0.1) is 5.92 Å². The summed E-state index contributed by atoms with van der Waals surface area (Å²) in [4.78, 5) is 24.8. The first-order valence-electron chi connectivity index (χ1n) is 6.98. The molecule has 1 aromatic rings. The molecule has 1 saturated carbocycles. The molecule has 7 heteroatoms. The molecule has 1 fully saturated rings. The number of fused-ring (bicyclic) bond motifs is 1. The van der Waals surface area contributed by atoms with Gasteiger partial charge in [-0.3, -0.25) is 4.79 Å². The van der Waals surface area contributed by atoms with Crippen LogP contribution in [0.5, 0.6) is 0 Å². The third kappa shape index (κ3) is 2.34. The third-order valence-electron chi connectivity index (χ3n) is 4.38. The van der Waals surface area contributed by atoms with E-state index in [0.717, 1.165) is 12.8 Å². The number of carboxylic acid groups (broad SMARTS) is 1. The number of nitrogens with zero attached hydrogens (tertiary/aromatic N) is 1. The summed E-state index contributed by atoms with van der Waals surface area (Å²) in [6.45, 7) is 1.86. The topological polar surface area (TPSA) is 57.6 Å². The van der Waals surface area contributed by atoms with Gasteiger partial charge in [-0.2, -0.15) is 13.2 Å². The Morgan fingerprint density at radius 3 is 2.50 bits per heavy atom. The Morgan fingerprint density at radius 2 is 2.00 bits per heavy atom. The van der Waals surface area contributed by atoms with E-state index in [-0.39, 0.29) is 18.2 Å². The van der Waals surface area contributed by atoms with Gasteiger partial charge in [0.1, 0.15) is 0 Å². The van der Waals surface area contributed by atoms with E-state index in [1.165, 1.54) is 11.0 Å². The van der Waals surface area contributed by atoms with Crippen molar-refractivity contribution >= 4 is 11.9 Å². The van der Waals surface area contributed by atoms with E-state index in [9.17, 15) is 22.8 Å². The molecule has 0 saturated heterocycles. The van der Waals surface area contributed by atoms with Crippen molar-refractivity contribution < 1.29 is 27.9 Å². The van der Waals surface area contributed by atoms with Crippen LogP contribution in [0.1, 0.15) is 51.6 Å². The number of amides is 1. The van der Waals surface area contributed by atoms with Gasteiger partial charge in [-0.15, -0.1) is 0 Å². The molecule has 1 aromatic carbocycles. The molecule has 1 heterocycles. The van der Waals surface area contributed by atoms with Crippen LogP contribution in [0.25, 0.3) is 0 Å². The molecule has 1 atom stereocenters. The van der Waals surface area contributed by atoms with Crippen LogP contribution >= 0.6 is 0 Å². The molecule has 3 rings (SSSR count). The largest absolute Gasteiger partial charge is 0.478 e. The van der Waals surface area contributed by atoms with Gasteiger partial charge in [0.15, 0.2) is 0 Å². The molecule has 1 amide bonds. The van der Waals surface area contributed by atoms with E-state index in [1.54, 1.807) is 0 Å². The molecule has 1 N–H and O–H groups in total. The fraction of sp³-hybridized carbons (Fsp3) is 0.467. The van der Waals surface area contributed by atoms with E-state index in [0.29, 0.717) is 12.0 Å². The summed E-state index contributed by atoms with van der Waals surface area (Å²) in [6.07, 6.45) is -2.83. The zero-order valence-electron chi connectivity index (χ0n) is 11.8. The van der Waals surface area contributed by atoms with Crippen LogP contribution in [-0.4, -0.2) is 27.9 Å². The molecule has 118 valence electrons. The SMILES string of the molecule is C[C@@H](C1CC1)N1Cc2cc(C(=O)O)cc(C(F)(F)F)c2C1=O. The number of carboxylic acids is 1. The number of halogens is 3. The second-order valence-electron chi connectivity index (χ2n) is 5.87. The maximum atomic E-state index is 13.2. The lowest BCUT2D eigenvalue weighted by Crippen LogP contribution is -2.35. The predicted octanol–water partition coefficient (Wildman–Crippen LogP) is 3.16. The van der Waals surface area contributed by atoms with Gasteiger partial charge in [-0.25, -0.2) is 4.79 Å². The Bertz CT molecular complexity index is 665. The Labute approximate surface area is 124 Å². The first kappa shape index (κ1) is 14.9. The van der Waals surface area contributed by atoms with Gasteiger partial charge in [0, 0.05) is 12.6 Å². The molecular formula is C15H14F3NO3. The predicted molar refractivity (Wildman–Crippen MR) is 70.5 cm³/mol. The second kappa shape index (κ2) is 4.72. The number of benzene rings is 1. The lowest BCUT2D eigenvalue weighted by molar-refractivity contribution is -0.138. The smallest absolute Gasteiger partial charge is 0.417 e. The van der Waals surface area contributed by atoms with Crippen LogP contribution in [0.3, 0.4) is 0 Å². The van der Waals surface area contributed by atoms with E-state index in [4.69, 9.17) is 5.11 Å². The van der Waals surface area contributed by atoms with Crippen molar-refractivity contribution in [1.29, 1.82) is 0 Å². The number of aromatic carboxylic acids is 1. The molecule has 0 spiro atoms. The molecule has 4 nitrogen and oxygen atoms in total. The summed E-state index contributed by atoms with van der Waals surface area (Å²) >= 11 is 0. The van der Waals surface area contributed by atoms with Gasteiger partial charge in [0.05, 0.1) is 16.7 Å². The lowest BCUT2D eigenvalue weighted by atomic mass is 9.99. The highest BCUT2D eigenvalue weighted by Gasteiger charge is 2.44. The van der Waals surface area contributed by atoms with Gasteiger partial charge in [-0.05, 0) is 43.4 Å². The van der Waals surface area contributed by atoms with Gasteiger partial charge >= 0.3 is 12.1 Å². The highest BCUT2D eigenvalue weighted by atomic mass is 19.4. The summed E-state index contributed by atoms with van der Waals surface area (Å²) < 4.78 is 39.6. The van der Waals surface area contributed by atoms with Crippen LogP contribution in [0.15, 0.2) is 12.1 Å². The maximum absolute atomic E-state index is 13.2. The second-order valence-corrected chi connectivity index (χ2v) is 5.87. The lowest BCUT2D eigenvalue weighted by Gasteiger charge is -2.24. The highest BCUT2D eigenvalue weighted by Crippen LogP contribution is 2.42. The van der Waals surface area contributed by atoms with Crippen molar-refractivity contribution in [3.8, 4) is 0 Å². The molecular weight excluding hydrogens is 299 g/mol. The number of carbonyl (C=O) groups is 2. The van der Waals surface area contributed by atoms with E-state index < -0.39 is 34.7 Å². The van der Waals surface area contributed by atoms with Gasteiger partial charge in [0.25, 0.3) is 5.91 Å². The van der Waals surface area contributed by atoms with E-state index in [1.807, 2.05) is 6.92 Å². The summed E-state index contributed by atoms with van der Waals surface area (Å²) in [5.74, 6) is -1.76. The zero-order chi connectivity index (χ0) is 16.2. The summed E-state index contributed by atoms with van der Waals surface area (Å²) in [6, 6.07) is 1.59. The van der Waals surface area contributed by atoms with Crippen LogP contribution < -0.4 is 0 Å². The molecule has 0 bridgehead atoms. The van der Waals surface area contributed by atoms with Crippen LogP contribution in [0.4, 0.5) is 13.2 Å². The Kier molecular flexibility index (Phi) is 3.19. The minimum atomic E-state index is -4.76. The van der Waals surface area contributed by atoms with Gasteiger partial charge in [-0.1, -0.05) is 0 Å². The number of rotatable bonds is 3. The van der Waals surface area contributed by atoms with Crippen LogP contribution in [0.2, 0.25) is 0 Å². The highest BCUT2D eigenvalue weighted by molar-refractivity contribution is 6.01. The minimum Gasteiger partial charge on any atom is -0.478 e. The first-order valence-corrected chi connectivity index (χ1v) is 6.98. The standard InChI is InChI=1S/C15H14F3NO3/c1-7(8-2-3-8)19-6-10-4-9(14(21)22)5-11(15(16,17)18)12(10)13(19)20/h4-5,7-8H,2-3,6H2,1H3,(H,21,22)/t7-/m0/s1. The average molecular weight is 313 g/mol. The normalized spacial score (nSPS) is 19.3. The van der Waals surface area contributed by atoms with E-state index in [2.05, 4.69) is 0 Å². The fourth-order valence-corrected chi connectivity index (χ4v) is 2.99. The summed E-state index contributed by atoms with van der Waals surface area (Å²) in [5.41, 5.74) is -1.85. The molecule has 22 heavy (non-hydrogen) atoms. The number of hydrogen-bond acceptors (Lipinski definition) is 2. The van der Waals surface area contributed by atoms with Gasteiger partial charge < -0.3 is 10.0 Å². The van der Waals surface area contributed by atoms with Gasteiger partial charge in [0.2, 0.25) is 0 Å². The van der Waals surface area contributed by atoms with Crippen molar-refractivity contribution in [2.24, 2.45) is 5.92 Å². The van der Waals surface area contributed by atoms with Crippen molar-refractivity contribution in [2.45, 2.75) is 38.5 Å². The van der Waals surface area contributed by atoms with Crippen molar-refractivity contribution in [1.82, 2.24) is 4.90 Å². The van der Waals surface area contributed by atoms with Crippen molar-refractivity contribution in [3.05, 3.63) is 34.4 Å². The summed E-state index contributed by atoms with van der Waals surface area (Å²) in [7, 11) is 0. The quantitative estimate of drug-likeness (QED) is 0.932. The molecule has 1 aliphatic carbocycles. The first-order chi connectivity index (χ1) is 10.2. The number of carbonyl (C=O) groups excluding carboxylic acids is 1. The van der Waals surface area contributed by atoms with Crippen LogP contribution in [-0.2, 0) is 12.7 Å². The number of hydrogen-bond donors (Lipinski definition) is 1. The van der Waals surface area contributed by atoms with Crippen molar-refractivity contribution in [3.63, 3.8) is 0 Å². The summed E-state index contributed by atoms with van der Waals surface area (Å²) in [5, 5.41) is 8.98. The maximum Gasteiger partial charge on any atom is 0.417 e. The minimum absolute atomic E-state index is 0.0377. The molecule has 0 radical (unpaired) electrons. The zero-order valence-corrected chi connectivity index (χ0v) is 11.8. The average Bonchev–Trinajstić information content (AvgIpc) is 3.21. The Hall–Kier alpha value is -2.05.